The highest BCUT2D eigenvalue weighted by atomic mass is 35.5. The van der Waals surface area contributed by atoms with Crippen LogP contribution in [0.2, 0.25) is 0 Å². The van der Waals surface area contributed by atoms with Gasteiger partial charge in [-0.3, -0.25) is 0 Å². The van der Waals surface area contributed by atoms with Crippen molar-refractivity contribution in [2.75, 3.05) is 11.6 Å². The zero-order valence-corrected chi connectivity index (χ0v) is 9.22. The Kier molecular flexibility index (Phi) is 4.21. The van der Waals surface area contributed by atoms with Crippen LogP contribution in [0.25, 0.3) is 0 Å². The van der Waals surface area contributed by atoms with Gasteiger partial charge in [-0.05, 0) is 16.3 Å². The molecular weight excluding hydrogens is 226 g/mol. The minimum Gasteiger partial charge on any atom is -0.358 e. The highest BCUT2D eigenvalue weighted by Crippen LogP contribution is 2.27. The van der Waals surface area contributed by atoms with Crippen LogP contribution in [0, 0.1) is 10.1 Å². The van der Waals surface area contributed by atoms with Gasteiger partial charge >= 0.3 is 5.82 Å². The SMILES string of the molecule is Cn1cnc([N+](=O)[O-])c1SCCCCl. The summed E-state index contributed by atoms with van der Waals surface area (Å²) in [6.45, 7) is 0. The molecule has 0 amide bonds. The molecule has 0 saturated carbocycles. The normalized spacial score (nSPS) is 10.4. The van der Waals surface area contributed by atoms with E-state index in [0.717, 1.165) is 12.2 Å². The Labute approximate surface area is 90.6 Å². The Morgan fingerprint density at radius 3 is 3.07 bits per heavy atom. The van der Waals surface area contributed by atoms with Crippen LogP contribution in [0.15, 0.2) is 11.4 Å². The Morgan fingerprint density at radius 1 is 1.79 bits per heavy atom. The zero-order chi connectivity index (χ0) is 10.6. The lowest BCUT2D eigenvalue weighted by molar-refractivity contribution is -0.392. The van der Waals surface area contributed by atoms with E-state index in [2.05, 4.69) is 4.98 Å². The van der Waals surface area contributed by atoms with Crippen LogP contribution in [-0.2, 0) is 7.05 Å². The van der Waals surface area contributed by atoms with Crippen LogP contribution in [0.1, 0.15) is 6.42 Å². The molecule has 0 atom stereocenters. The van der Waals surface area contributed by atoms with Crippen molar-refractivity contribution in [3.05, 3.63) is 16.4 Å². The summed E-state index contributed by atoms with van der Waals surface area (Å²) in [6.07, 6.45) is 2.27. The molecule has 0 unspecified atom stereocenters. The van der Waals surface area contributed by atoms with E-state index in [1.807, 2.05) is 0 Å². The van der Waals surface area contributed by atoms with E-state index in [1.54, 1.807) is 11.6 Å². The third-order valence-electron chi connectivity index (χ3n) is 1.55. The van der Waals surface area contributed by atoms with Gasteiger partial charge in [0.1, 0.15) is 0 Å². The van der Waals surface area contributed by atoms with E-state index >= 15 is 0 Å². The molecule has 0 saturated heterocycles. The summed E-state index contributed by atoms with van der Waals surface area (Å²) in [4.78, 5) is 13.8. The average molecular weight is 236 g/mol. The smallest absolute Gasteiger partial charge is 0.358 e. The number of hydrogen-bond donors (Lipinski definition) is 0. The number of halogens is 1. The molecule has 0 aliphatic heterocycles. The van der Waals surface area contributed by atoms with Gasteiger partial charge in [-0.15, -0.1) is 11.6 Å². The van der Waals surface area contributed by atoms with Crippen molar-refractivity contribution in [3.8, 4) is 0 Å². The molecule has 0 aliphatic carbocycles. The van der Waals surface area contributed by atoms with Gasteiger partial charge in [-0.25, -0.2) is 0 Å². The van der Waals surface area contributed by atoms with Crippen LogP contribution in [0.4, 0.5) is 5.82 Å². The lowest BCUT2D eigenvalue weighted by atomic mass is 10.6. The number of nitro groups is 1. The number of alkyl halides is 1. The molecule has 1 aromatic heterocycles. The van der Waals surface area contributed by atoms with Crippen LogP contribution < -0.4 is 0 Å². The van der Waals surface area contributed by atoms with E-state index in [1.165, 1.54) is 18.1 Å². The molecule has 1 rings (SSSR count). The van der Waals surface area contributed by atoms with Crippen molar-refractivity contribution in [2.24, 2.45) is 7.05 Å². The summed E-state index contributed by atoms with van der Waals surface area (Å²) < 4.78 is 1.65. The summed E-state index contributed by atoms with van der Waals surface area (Å²) in [7, 11) is 1.74. The van der Waals surface area contributed by atoms with Crippen molar-refractivity contribution in [2.45, 2.75) is 11.4 Å². The standard InChI is InChI=1S/C7H10ClN3O2S/c1-10-5-9-6(11(12)13)7(10)14-4-2-3-8/h5H,2-4H2,1H3. The molecule has 0 aromatic carbocycles. The summed E-state index contributed by atoms with van der Waals surface area (Å²) in [5.74, 6) is 1.26. The molecule has 5 nitrogen and oxygen atoms in total. The molecule has 78 valence electrons. The van der Waals surface area contributed by atoms with Crippen molar-refractivity contribution in [3.63, 3.8) is 0 Å². The number of hydrogen-bond acceptors (Lipinski definition) is 4. The summed E-state index contributed by atoms with van der Waals surface area (Å²) in [6, 6.07) is 0. The van der Waals surface area contributed by atoms with E-state index in [4.69, 9.17) is 11.6 Å². The molecule has 0 fully saturated rings. The second kappa shape index (κ2) is 5.21. The van der Waals surface area contributed by atoms with Gasteiger partial charge in [-0.1, -0.05) is 11.8 Å². The lowest BCUT2D eigenvalue weighted by Crippen LogP contribution is -1.94. The van der Waals surface area contributed by atoms with Crippen molar-refractivity contribution < 1.29 is 4.92 Å². The molecule has 0 radical (unpaired) electrons. The molecule has 0 bridgehead atoms. The Morgan fingerprint density at radius 2 is 2.50 bits per heavy atom. The summed E-state index contributed by atoms with van der Waals surface area (Å²) in [5, 5.41) is 11.1. The maximum Gasteiger partial charge on any atom is 0.395 e. The van der Waals surface area contributed by atoms with E-state index in [-0.39, 0.29) is 5.82 Å². The predicted octanol–water partition coefficient (Wildman–Crippen LogP) is 2.05. The minimum atomic E-state index is -0.469. The fraction of sp³-hybridized carbons (Fsp3) is 0.571. The van der Waals surface area contributed by atoms with Crippen LogP contribution in [0.5, 0.6) is 0 Å². The molecule has 0 aliphatic rings. The molecule has 0 spiro atoms. The fourth-order valence-electron chi connectivity index (χ4n) is 0.922. The molecular formula is C7H10ClN3O2S. The number of aromatic nitrogens is 2. The van der Waals surface area contributed by atoms with Crippen molar-refractivity contribution in [1.29, 1.82) is 0 Å². The summed E-state index contributed by atoms with van der Waals surface area (Å²) in [5.41, 5.74) is 0. The first kappa shape index (κ1) is 11.3. The maximum absolute atomic E-state index is 10.6. The Hall–Kier alpha value is -0.750. The second-order valence-electron chi connectivity index (χ2n) is 2.63. The highest BCUT2D eigenvalue weighted by Gasteiger charge is 2.19. The van der Waals surface area contributed by atoms with Gasteiger partial charge in [0.2, 0.25) is 6.33 Å². The van der Waals surface area contributed by atoms with Gasteiger partial charge in [0.05, 0.1) is 0 Å². The third kappa shape index (κ3) is 2.62. The van der Waals surface area contributed by atoms with Crippen molar-refractivity contribution in [1.82, 2.24) is 9.55 Å². The molecule has 1 heterocycles. The maximum atomic E-state index is 10.6. The number of nitrogens with zero attached hydrogens (tertiary/aromatic N) is 3. The number of thioether (sulfide) groups is 1. The number of rotatable bonds is 5. The first-order valence-electron chi connectivity index (χ1n) is 4.01. The molecule has 0 N–H and O–H groups in total. The first-order chi connectivity index (χ1) is 6.66. The molecule has 14 heavy (non-hydrogen) atoms. The third-order valence-corrected chi connectivity index (χ3v) is 3.06. The number of imidazole rings is 1. The summed E-state index contributed by atoms with van der Waals surface area (Å²) >= 11 is 6.92. The zero-order valence-electron chi connectivity index (χ0n) is 7.64. The predicted molar refractivity (Wildman–Crippen MR) is 55.9 cm³/mol. The highest BCUT2D eigenvalue weighted by molar-refractivity contribution is 7.99. The fourth-order valence-corrected chi connectivity index (χ4v) is 2.20. The van der Waals surface area contributed by atoms with Gasteiger partial charge < -0.3 is 14.7 Å². The largest absolute Gasteiger partial charge is 0.395 e. The second-order valence-corrected chi connectivity index (χ2v) is 4.09. The van der Waals surface area contributed by atoms with Crippen molar-refractivity contribution >= 4 is 29.2 Å². The quantitative estimate of drug-likeness (QED) is 0.258. The Balaban J connectivity index is 2.72. The van der Waals surface area contributed by atoms with E-state index in [0.29, 0.717) is 10.9 Å². The topological polar surface area (TPSA) is 61.0 Å². The molecule has 7 heteroatoms. The van der Waals surface area contributed by atoms with Crippen LogP contribution in [0.3, 0.4) is 0 Å². The van der Waals surface area contributed by atoms with Gasteiger partial charge in [0, 0.05) is 18.7 Å². The van der Waals surface area contributed by atoms with Gasteiger partial charge in [-0.2, -0.15) is 0 Å². The monoisotopic (exact) mass is 235 g/mol. The average Bonchev–Trinajstić information content (AvgIpc) is 2.48. The van der Waals surface area contributed by atoms with E-state index in [9.17, 15) is 10.1 Å². The molecule has 1 aromatic rings. The van der Waals surface area contributed by atoms with Gasteiger partial charge in [0.25, 0.3) is 0 Å². The lowest BCUT2D eigenvalue weighted by Gasteiger charge is -1.99. The Bertz CT molecular complexity index is 329. The number of aryl methyl sites for hydroxylation is 1. The first-order valence-corrected chi connectivity index (χ1v) is 5.53. The van der Waals surface area contributed by atoms with Crippen LogP contribution in [-0.4, -0.2) is 26.1 Å². The van der Waals surface area contributed by atoms with Gasteiger partial charge in [0.15, 0.2) is 5.03 Å². The van der Waals surface area contributed by atoms with E-state index < -0.39 is 4.92 Å². The minimum absolute atomic E-state index is 0.0768. The van der Waals surface area contributed by atoms with Crippen LogP contribution >= 0.6 is 23.4 Å².